The molecule has 0 radical (unpaired) electrons. The smallest absolute Gasteiger partial charge is 0.326 e. The molecule has 0 bridgehead atoms. The van der Waals surface area contributed by atoms with E-state index in [4.69, 9.17) is 16.3 Å². The van der Waals surface area contributed by atoms with E-state index in [2.05, 4.69) is 5.32 Å². The van der Waals surface area contributed by atoms with Gasteiger partial charge < -0.3 is 15.2 Å². The van der Waals surface area contributed by atoms with E-state index in [1.165, 1.54) is 0 Å². The highest BCUT2D eigenvalue weighted by atomic mass is 35.5. The molecule has 5 nitrogen and oxygen atoms in total. The Balaban J connectivity index is 2.71. The van der Waals surface area contributed by atoms with Gasteiger partial charge in [-0.2, -0.15) is 0 Å². The van der Waals surface area contributed by atoms with E-state index in [0.717, 1.165) is 5.56 Å². The molecule has 1 rings (SSSR count). The Morgan fingerprint density at radius 1 is 1.36 bits per heavy atom. The number of ether oxygens (including phenoxy) is 1. The van der Waals surface area contributed by atoms with Crippen molar-refractivity contribution in [2.75, 3.05) is 0 Å². The average molecular weight is 328 g/mol. The molecule has 2 N–H and O–H groups in total. The van der Waals surface area contributed by atoms with Crippen molar-refractivity contribution < 1.29 is 19.4 Å². The lowest BCUT2D eigenvalue weighted by molar-refractivity contribution is -0.144. The van der Waals surface area contributed by atoms with Crippen LogP contribution >= 0.6 is 11.6 Å². The molecule has 22 heavy (non-hydrogen) atoms. The van der Waals surface area contributed by atoms with Crippen LogP contribution in [0.4, 0.5) is 0 Å². The first-order valence-corrected chi connectivity index (χ1v) is 7.60. The lowest BCUT2D eigenvalue weighted by Gasteiger charge is -2.22. The molecule has 0 aliphatic heterocycles. The van der Waals surface area contributed by atoms with Crippen LogP contribution in [-0.2, 0) is 9.59 Å². The van der Waals surface area contributed by atoms with Gasteiger partial charge in [-0.15, -0.1) is 0 Å². The van der Waals surface area contributed by atoms with E-state index >= 15 is 0 Å². The van der Waals surface area contributed by atoms with Gasteiger partial charge in [0.1, 0.15) is 11.8 Å². The zero-order valence-corrected chi connectivity index (χ0v) is 14.0. The second kappa shape index (κ2) is 8.03. The third kappa shape index (κ3) is 4.91. The largest absolute Gasteiger partial charge is 0.481 e. The van der Waals surface area contributed by atoms with Crippen LogP contribution in [-0.4, -0.2) is 29.1 Å². The van der Waals surface area contributed by atoms with Crippen LogP contribution < -0.4 is 10.1 Å². The summed E-state index contributed by atoms with van der Waals surface area (Å²) < 4.78 is 5.54. The van der Waals surface area contributed by atoms with Crippen LogP contribution in [0.25, 0.3) is 0 Å². The van der Waals surface area contributed by atoms with Gasteiger partial charge in [0.2, 0.25) is 0 Å². The van der Waals surface area contributed by atoms with Gasteiger partial charge in [0.25, 0.3) is 5.91 Å². The summed E-state index contributed by atoms with van der Waals surface area (Å²) in [7, 11) is 0. The fraction of sp³-hybridized carbons (Fsp3) is 0.500. The third-order valence-corrected chi connectivity index (χ3v) is 4.01. The summed E-state index contributed by atoms with van der Waals surface area (Å²) in [4.78, 5) is 23.3. The summed E-state index contributed by atoms with van der Waals surface area (Å²) in [5.41, 5.74) is 0.842. The summed E-state index contributed by atoms with van der Waals surface area (Å²) in [6.45, 7) is 7.08. The molecule has 0 spiro atoms. The maximum Gasteiger partial charge on any atom is 0.326 e. The summed E-state index contributed by atoms with van der Waals surface area (Å²) in [6.07, 6.45) is -0.144. The van der Waals surface area contributed by atoms with E-state index in [1.807, 2.05) is 13.8 Å². The minimum absolute atomic E-state index is 0.161. The van der Waals surface area contributed by atoms with Gasteiger partial charge in [0, 0.05) is 5.02 Å². The lowest BCUT2D eigenvalue weighted by Crippen LogP contribution is -2.49. The maximum atomic E-state index is 12.1. The van der Waals surface area contributed by atoms with Crippen molar-refractivity contribution in [3.05, 3.63) is 28.8 Å². The van der Waals surface area contributed by atoms with Gasteiger partial charge in [-0.3, -0.25) is 4.79 Å². The van der Waals surface area contributed by atoms with Gasteiger partial charge in [-0.25, -0.2) is 4.79 Å². The molecule has 3 unspecified atom stereocenters. The van der Waals surface area contributed by atoms with Crippen molar-refractivity contribution >= 4 is 23.5 Å². The van der Waals surface area contributed by atoms with E-state index in [1.54, 1.807) is 32.0 Å². The first-order valence-electron chi connectivity index (χ1n) is 7.22. The number of aryl methyl sites for hydroxylation is 1. The molecule has 0 saturated carbocycles. The van der Waals surface area contributed by atoms with Gasteiger partial charge in [0.05, 0.1) is 0 Å². The second-order valence-corrected chi connectivity index (χ2v) is 5.79. The number of carbonyl (C=O) groups excluding carboxylic acids is 1. The summed E-state index contributed by atoms with van der Waals surface area (Å²) >= 11 is 5.93. The Morgan fingerprint density at radius 3 is 2.50 bits per heavy atom. The Bertz CT molecular complexity index is 547. The van der Waals surface area contributed by atoms with Crippen LogP contribution in [0.15, 0.2) is 18.2 Å². The van der Waals surface area contributed by atoms with Crippen molar-refractivity contribution in [1.82, 2.24) is 5.32 Å². The van der Waals surface area contributed by atoms with Gasteiger partial charge in [-0.1, -0.05) is 31.9 Å². The van der Waals surface area contributed by atoms with E-state index in [-0.39, 0.29) is 5.92 Å². The van der Waals surface area contributed by atoms with Gasteiger partial charge in [0.15, 0.2) is 6.10 Å². The van der Waals surface area contributed by atoms with Crippen LogP contribution in [0.3, 0.4) is 0 Å². The van der Waals surface area contributed by atoms with Crippen LogP contribution in [0.5, 0.6) is 5.75 Å². The highest BCUT2D eigenvalue weighted by Crippen LogP contribution is 2.22. The molecular formula is C16H22ClNO4. The molecule has 0 heterocycles. The number of hydrogen-bond donors (Lipinski definition) is 2. The molecule has 0 aromatic heterocycles. The number of hydrogen-bond acceptors (Lipinski definition) is 3. The standard InChI is InChI=1S/C16H22ClNO4/c1-5-9(2)14(16(20)21)18-15(19)11(4)22-12-6-7-13(17)10(3)8-12/h6-9,11,14H,5H2,1-4H3,(H,18,19)(H,20,21). The fourth-order valence-electron chi connectivity index (χ4n) is 1.90. The molecule has 3 atom stereocenters. The zero-order chi connectivity index (χ0) is 16.9. The molecule has 6 heteroatoms. The zero-order valence-electron chi connectivity index (χ0n) is 13.2. The molecule has 0 saturated heterocycles. The predicted octanol–water partition coefficient (Wildman–Crippen LogP) is 3.03. The first kappa shape index (κ1) is 18.3. The van der Waals surface area contributed by atoms with E-state index in [9.17, 15) is 14.7 Å². The van der Waals surface area contributed by atoms with Crippen LogP contribution in [0.1, 0.15) is 32.8 Å². The number of carbonyl (C=O) groups is 2. The Labute approximate surface area is 135 Å². The maximum absolute atomic E-state index is 12.1. The molecule has 0 aliphatic rings. The molecule has 1 aromatic carbocycles. The Kier molecular flexibility index (Phi) is 6.68. The third-order valence-electron chi connectivity index (χ3n) is 3.59. The van der Waals surface area contributed by atoms with Crippen molar-refractivity contribution in [2.24, 2.45) is 5.92 Å². The Morgan fingerprint density at radius 2 is 2.00 bits per heavy atom. The number of nitrogens with one attached hydrogen (secondary N) is 1. The SMILES string of the molecule is CCC(C)C(NC(=O)C(C)Oc1ccc(Cl)c(C)c1)C(=O)O. The lowest BCUT2D eigenvalue weighted by atomic mass is 9.99. The average Bonchev–Trinajstić information content (AvgIpc) is 2.47. The predicted molar refractivity (Wildman–Crippen MR) is 85.3 cm³/mol. The monoisotopic (exact) mass is 327 g/mol. The van der Waals surface area contributed by atoms with Gasteiger partial charge in [-0.05, 0) is 43.5 Å². The molecule has 0 aliphatic carbocycles. The van der Waals surface area contributed by atoms with E-state index < -0.39 is 24.0 Å². The quantitative estimate of drug-likeness (QED) is 0.807. The fourth-order valence-corrected chi connectivity index (χ4v) is 2.02. The highest BCUT2D eigenvalue weighted by Gasteiger charge is 2.27. The minimum Gasteiger partial charge on any atom is -0.481 e. The topological polar surface area (TPSA) is 75.6 Å². The number of halogens is 1. The van der Waals surface area contributed by atoms with Crippen LogP contribution in [0, 0.1) is 12.8 Å². The van der Waals surface area contributed by atoms with E-state index in [0.29, 0.717) is 17.2 Å². The number of carboxylic acids is 1. The van der Waals surface area contributed by atoms with Crippen molar-refractivity contribution in [3.63, 3.8) is 0 Å². The second-order valence-electron chi connectivity index (χ2n) is 5.38. The number of aliphatic carboxylic acids is 1. The molecule has 0 fully saturated rings. The summed E-state index contributed by atoms with van der Waals surface area (Å²) in [5, 5.41) is 12.3. The summed E-state index contributed by atoms with van der Waals surface area (Å²) in [5.74, 6) is -1.15. The van der Waals surface area contributed by atoms with Crippen molar-refractivity contribution in [3.8, 4) is 5.75 Å². The summed E-state index contributed by atoms with van der Waals surface area (Å²) in [6, 6.07) is 4.17. The number of amides is 1. The number of carboxylic acid groups (broad SMARTS) is 1. The molecule has 1 amide bonds. The van der Waals surface area contributed by atoms with Gasteiger partial charge >= 0.3 is 5.97 Å². The molecule has 1 aromatic rings. The molecule has 122 valence electrons. The minimum atomic E-state index is -1.04. The molecular weight excluding hydrogens is 306 g/mol. The number of rotatable bonds is 7. The normalized spacial score (nSPS) is 14.8. The first-order chi connectivity index (χ1) is 10.3. The van der Waals surface area contributed by atoms with Crippen molar-refractivity contribution in [2.45, 2.75) is 46.3 Å². The van der Waals surface area contributed by atoms with Crippen LogP contribution in [0.2, 0.25) is 5.02 Å². The van der Waals surface area contributed by atoms with Crippen molar-refractivity contribution in [1.29, 1.82) is 0 Å². The number of benzene rings is 1. The Hall–Kier alpha value is -1.75. The highest BCUT2D eigenvalue weighted by molar-refractivity contribution is 6.31.